The predicted octanol–water partition coefficient (Wildman–Crippen LogP) is 9.85. The third kappa shape index (κ3) is 6.21. The number of rotatable bonds is 7. The Kier molecular flexibility index (Phi) is 7.97. The van der Waals surface area contributed by atoms with Gasteiger partial charge in [-0.3, -0.25) is 0 Å². The average Bonchev–Trinajstić information content (AvgIpc) is 2.84. The van der Waals surface area contributed by atoms with Crippen LogP contribution in [0, 0.1) is 5.92 Å². The lowest BCUT2D eigenvalue weighted by Gasteiger charge is -2.28. The van der Waals surface area contributed by atoms with Gasteiger partial charge in [-0.05, 0) is 64.6 Å². The van der Waals surface area contributed by atoms with Crippen LogP contribution in [0.15, 0.2) is 72.8 Å². The van der Waals surface area contributed by atoms with E-state index in [1.165, 1.54) is 49.4 Å². The van der Waals surface area contributed by atoms with Gasteiger partial charge in [-0.1, -0.05) is 105 Å². The Balaban J connectivity index is 1.44. The molecule has 0 spiro atoms. The molecule has 1 heterocycles. The lowest BCUT2D eigenvalue weighted by atomic mass is 9.90. The molecule has 4 heteroatoms. The van der Waals surface area contributed by atoms with Crippen LogP contribution < -0.4 is 0 Å². The van der Waals surface area contributed by atoms with Gasteiger partial charge in [0.25, 0.3) is 0 Å². The molecule has 0 atom stereocenters. The zero-order valence-electron chi connectivity index (χ0n) is 20.2. The van der Waals surface area contributed by atoms with E-state index in [9.17, 15) is 13.2 Å². The number of hydrogen-bond acceptors (Lipinski definition) is 0. The molecule has 1 saturated heterocycles. The normalized spacial score (nSPS) is 15.7. The van der Waals surface area contributed by atoms with E-state index in [0.29, 0.717) is 5.92 Å². The molecule has 1 aliphatic rings. The second kappa shape index (κ2) is 10.9. The minimum absolute atomic E-state index is 0.152. The molecule has 0 bridgehead atoms. The lowest BCUT2D eigenvalue weighted by Crippen LogP contribution is -2.20. The maximum Gasteiger partial charge on any atom is 0.416 e. The van der Waals surface area contributed by atoms with Gasteiger partial charge in [0, 0.05) is 8.80 Å². The van der Waals surface area contributed by atoms with Crippen molar-refractivity contribution < 1.29 is 13.2 Å². The van der Waals surface area contributed by atoms with Crippen molar-refractivity contribution in [1.82, 2.24) is 0 Å². The van der Waals surface area contributed by atoms with E-state index in [0.717, 1.165) is 40.3 Å². The molecule has 0 N–H and O–H groups in total. The maximum atomic E-state index is 13.0. The van der Waals surface area contributed by atoms with Crippen molar-refractivity contribution in [1.29, 1.82) is 0 Å². The standard InChI is InChI=1S/C30H34F3Si/c1-22(2)6-5-19-34-20-17-24(18-21-34)23-9-11-25(12-10-23)28-7-3-4-8-29(28)26-13-15-27(16-14-26)30(31,32)33/h3-4,7-16,22,24H,5-6,17-21H2,1-2H3. The van der Waals surface area contributed by atoms with Gasteiger partial charge >= 0.3 is 6.18 Å². The molecule has 0 amide bonds. The van der Waals surface area contributed by atoms with Crippen molar-refractivity contribution in [2.75, 3.05) is 0 Å². The molecule has 1 fully saturated rings. The van der Waals surface area contributed by atoms with Crippen molar-refractivity contribution >= 4 is 8.80 Å². The van der Waals surface area contributed by atoms with Crippen LogP contribution in [0.4, 0.5) is 13.2 Å². The fraction of sp³-hybridized carbons (Fsp3) is 0.400. The third-order valence-corrected chi connectivity index (χ3v) is 10.2. The summed E-state index contributed by atoms with van der Waals surface area (Å²) in [6.45, 7) is 4.64. The first-order chi connectivity index (χ1) is 16.3. The number of benzene rings is 3. The largest absolute Gasteiger partial charge is 0.416 e. The number of halogens is 3. The van der Waals surface area contributed by atoms with E-state index in [2.05, 4.69) is 44.2 Å². The highest BCUT2D eigenvalue weighted by molar-refractivity contribution is 6.59. The first-order valence-corrected chi connectivity index (χ1v) is 14.6. The van der Waals surface area contributed by atoms with Crippen LogP contribution in [0.2, 0.25) is 18.1 Å². The van der Waals surface area contributed by atoms with Gasteiger partial charge in [0.1, 0.15) is 0 Å². The van der Waals surface area contributed by atoms with Crippen LogP contribution in [-0.2, 0) is 6.18 Å². The third-order valence-electron chi connectivity index (χ3n) is 7.15. The Hall–Kier alpha value is -2.33. The molecule has 1 aliphatic heterocycles. The van der Waals surface area contributed by atoms with E-state index in [1.54, 1.807) is 12.1 Å². The van der Waals surface area contributed by atoms with Crippen LogP contribution in [0.25, 0.3) is 22.3 Å². The fourth-order valence-corrected chi connectivity index (χ4v) is 8.10. The first-order valence-electron chi connectivity index (χ1n) is 12.5. The summed E-state index contributed by atoms with van der Waals surface area (Å²) in [4.78, 5) is 0. The second-order valence-electron chi connectivity index (χ2n) is 10.1. The lowest BCUT2D eigenvalue weighted by molar-refractivity contribution is -0.137. The number of hydrogen-bond donors (Lipinski definition) is 0. The van der Waals surface area contributed by atoms with Crippen molar-refractivity contribution in [3.05, 3.63) is 83.9 Å². The Morgan fingerprint density at radius 1 is 0.794 bits per heavy atom. The van der Waals surface area contributed by atoms with Crippen molar-refractivity contribution in [2.24, 2.45) is 5.92 Å². The summed E-state index contributed by atoms with van der Waals surface area (Å²) in [5.41, 5.74) is 4.72. The molecule has 4 rings (SSSR count). The SMILES string of the molecule is CC(C)CCC[Si]1CCC(c2ccc(-c3ccccc3-c3ccc(C(F)(F)F)cc3)cc2)CC1. The smallest absolute Gasteiger partial charge is 0.166 e. The van der Waals surface area contributed by atoms with Gasteiger partial charge in [0.05, 0.1) is 5.56 Å². The van der Waals surface area contributed by atoms with Crippen LogP contribution in [0.5, 0.6) is 0 Å². The molecule has 0 unspecified atom stereocenters. The minimum atomic E-state index is -4.32. The van der Waals surface area contributed by atoms with Crippen LogP contribution in [-0.4, -0.2) is 8.80 Å². The molecule has 179 valence electrons. The highest BCUT2D eigenvalue weighted by Crippen LogP contribution is 2.38. The molecular formula is C30H34F3Si. The van der Waals surface area contributed by atoms with E-state index in [4.69, 9.17) is 0 Å². The Bertz CT molecular complexity index is 1040. The quantitative estimate of drug-likeness (QED) is 0.296. The monoisotopic (exact) mass is 479 g/mol. The van der Waals surface area contributed by atoms with Gasteiger partial charge < -0.3 is 0 Å². The van der Waals surface area contributed by atoms with E-state index < -0.39 is 11.7 Å². The Labute approximate surface area is 203 Å². The summed E-state index contributed by atoms with van der Waals surface area (Å²) in [7, 11) is -0.152. The average molecular weight is 480 g/mol. The van der Waals surface area contributed by atoms with Gasteiger partial charge in [-0.25, -0.2) is 0 Å². The van der Waals surface area contributed by atoms with Gasteiger partial charge in [0.15, 0.2) is 0 Å². The van der Waals surface area contributed by atoms with E-state index >= 15 is 0 Å². The molecule has 3 aromatic rings. The van der Waals surface area contributed by atoms with Gasteiger partial charge in [-0.2, -0.15) is 13.2 Å². The Morgan fingerprint density at radius 3 is 1.82 bits per heavy atom. The molecule has 0 nitrogen and oxygen atoms in total. The highest BCUT2D eigenvalue weighted by Gasteiger charge is 2.30. The summed E-state index contributed by atoms with van der Waals surface area (Å²) in [5.74, 6) is 1.49. The summed E-state index contributed by atoms with van der Waals surface area (Å²) < 4.78 is 38.9. The number of alkyl halides is 3. The van der Waals surface area contributed by atoms with Gasteiger partial charge in [0.2, 0.25) is 0 Å². The molecule has 0 aliphatic carbocycles. The van der Waals surface area contributed by atoms with Crippen LogP contribution in [0.1, 0.15) is 56.6 Å². The van der Waals surface area contributed by atoms with Crippen LogP contribution in [0.3, 0.4) is 0 Å². The van der Waals surface area contributed by atoms with Crippen LogP contribution >= 0.6 is 0 Å². The summed E-state index contributed by atoms with van der Waals surface area (Å²) in [6.07, 6.45) is 1.09. The summed E-state index contributed by atoms with van der Waals surface area (Å²) in [6, 6.07) is 26.7. The fourth-order valence-electron chi connectivity index (χ4n) is 5.13. The molecule has 0 aromatic heterocycles. The topological polar surface area (TPSA) is 0 Å². The van der Waals surface area contributed by atoms with Crippen molar-refractivity contribution in [2.45, 2.75) is 69.8 Å². The maximum absolute atomic E-state index is 13.0. The summed E-state index contributed by atoms with van der Waals surface area (Å²) in [5, 5.41) is 0. The predicted molar refractivity (Wildman–Crippen MR) is 139 cm³/mol. The van der Waals surface area contributed by atoms with Crippen molar-refractivity contribution in [3.8, 4) is 22.3 Å². The molecule has 34 heavy (non-hydrogen) atoms. The Morgan fingerprint density at radius 2 is 1.32 bits per heavy atom. The summed E-state index contributed by atoms with van der Waals surface area (Å²) >= 11 is 0. The molecule has 1 radical (unpaired) electrons. The molecular weight excluding hydrogens is 445 g/mol. The minimum Gasteiger partial charge on any atom is -0.166 e. The van der Waals surface area contributed by atoms with Gasteiger partial charge in [-0.15, -0.1) is 0 Å². The second-order valence-corrected chi connectivity index (χ2v) is 13.1. The van der Waals surface area contributed by atoms with E-state index in [-0.39, 0.29) is 8.80 Å². The van der Waals surface area contributed by atoms with E-state index in [1.807, 2.05) is 18.2 Å². The van der Waals surface area contributed by atoms with Crippen molar-refractivity contribution in [3.63, 3.8) is 0 Å². The molecule has 0 saturated carbocycles. The first kappa shape index (κ1) is 24.8. The molecule has 3 aromatic carbocycles. The zero-order chi connectivity index (χ0) is 24.1. The highest BCUT2D eigenvalue weighted by atomic mass is 28.3. The zero-order valence-corrected chi connectivity index (χ0v) is 21.2.